The average molecular weight is 703 g/mol. The highest BCUT2D eigenvalue weighted by Crippen LogP contribution is 2.37. The lowest BCUT2D eigenvalue weighted by Crippen LogP contribution is -2.39. The lowest BCUT2D eigenvalue weighted by molar-refractivity contribution is 0.241. The summed E-state index contributed by atoms with van der Waals surface area (Å²) in [7, 11) is 4.67. The molecule has 0 aliphatic carbocycles. The number of rotatable bonds is 21. The number of nitrogens with two attached hydrogens (primary N) is 2. The third-order valence-corrected chi connectivity index (χ3v) is 8.88. The molecule has 0 aliphatic rings. The van der Waals surface area contributed by atoms with E-state index in [0.717, 1.165) is 70.7 Å². The Hall–Kier alpha value is -3.87. The van der Waals surface area contributed by atoms with Gasteiger partial charge in [-0.25, -0.2) is 0 Å². The van der Waals surface area contributed by atoms with Gasteiger partial charge in [0.25, 0.3) is 0 Å². The van der Waals surface area contributed by atoms with Crippen LogP contribution < -0.4 is 30.4 Å². The van der Waals surface area contributed by atoms with Crippen LogP contribution in [0.3, 0.4) is 0 Å². The van der Waals surface area contributed by atoms with Crippen LogP contribution in [0.25, 0.3) is 0 Å². The van der Waals surface area contributed by atoms with E-state index in [1.807, 2.05) is 104 Å². The van der Waals surface area contributed by atoms with Gasteiger partial charge in [-0.2, -0.15) is 0 Å². The molecular formula is C44H60B2N2O4. The quantitative estimate of drug-likeness (QED) is 0.0664. The standard InChI is InChI=1S/C44H60B2N2O4/c1-31(2)49-39-19-11-15-35(25-39)43(47,36-16-12-20-40(26-36)50-32(3)4)29-45-23-9-10-24-46-30-44(48,37-17-13-21-41(27-37)51-33(5)6)38-18-14-22-42(28-38)52-34(7)8/h11-22,25-28,31-34H,9-10,23-24,29-30,47-48H2,1-8H3. The molecule has 0 aromatic heterocycles. The van der Waals surface area contributed by atoms with Crippen molar-refractivity contribution in [2.75, 3.05) is 0 Å². The molecular weight excluding hydrogens is 642 g/mol. The summed E-state index contributed by atoms with van der Waals surface area (Å²) in [6, 6.07) is 32.8. The Kier molecular flexibility index (Phi) is 15.2. The van der Waals surface area contributed by atoms with Gasteiger partial charge in [-0.05, 0) is 126 Å². The Morgan fingerprint density at radius 1 is 0.442 bits per heavy atom. The van der Waals surface area contributed by atoms with Gasteiger partial charge in [0.05, 0.1) is 35.5 Å². The Labute approximate surface area is 315 Å². The third kappa shape index (κ3) is 11.8. The minimum absolute atomic E-state index is 0.0751. The molecule has 6 nitrogen and oxygen atoms in total. The van der Waals surface area contributed by atoms with Crippen molar-refractivity contribution in [3.63, 3.8) is 0 Å². The van der Waals surface area contributed by atoms with E-state index < -0.39 is 11.1 Å². The zero-order chi connectivity index (χ0) is 37.7. The summed E-state index contributed by atoms with van der Waals surface area (Å²) in [6.07, 6.45) is 5.67. The lowest BCUT2D eigenvalue weighted by atomic mass is 9.58. The first-order valence-electron chi connectivity index (χ1n) is 19.1. The van der Waals surface area contributed by atoms with Crippen molar-refractivity contribution >= 4 is 14.6 Å². The van der Waals surface area contributed by atoms with Gasteiger partial charge in [-0.1, -0.05) is 86.7 Å². The highest BCUT2D eigenvalue weighted by molar-refractivity contribution is 6.36. The molecule has 4 N–H and O–H groups in total. The molecule has 0 saturated carbocycles. The van der Waals surface area contributed by atoms with Crippen molar-refractivity contribution in [2.45, 2.75) is 129 Å². The van der Waals surface area contributed by atoms with Gasteiger partial charge in [-0.15, -0.1) is 0 Å². The number of ether oxygens (including phenoxy) is 4. The van der Waals surface area contributed by atoms with Crippen LogP contribution in [0.1, 0.15) is 90.5 Å². The molecule has 0 fully saturated rings. The largest absolute Gasteiger partial charge is 0.491 e. The van der Waals surface area contributed by atoms with Gasteiger partial charge >= 0.3 is 0 Å². The van der Waals surface area contributed by atoms with Gasteiger partial charge in [0.15, 0.2) is 0 Å². The van der Waals surface area contributed by atoms with Crippen molar-refractivity contribution < 1.29 is 18.9 Å². The van der Waals surface area contributed by atoms with Crippen LogP contribution in [0, 0.1) is 0 Å². The Morgan fingerprint density at radius 3 is 0.923 bits per heavy atom. The normalized spacial score (nSPS) is 12.0. The van der Waals surface area contributed by atoms with Crippen LogP contribution in [0.15, 0.2) is 97.1 Å². The maximum absolute atomic E-state index is 7.35. The molecule has 52 heavy (non-hydrogen) atoms. The van der Waals surface area contributed by atoms with Crippen molar-refractivity contribution in [1.82, 2.24) is 0 Å². The van der Waals surface area contributed by atoms with Crippen molar-refractivity contribution in [1.29, 1.82) is 0 Å². The topological polar surface area (TPSA) is 89.0 Å². The van der Waals surface area contributed by atoms with Crippen LogP contribution in [0.5, 0.6) is 23.0 Å². The van der Waals surface area contributed by atoms with Crippen molar-refractivity contribution in [3.05, 3.63) is 119 Å². The van der Waals surface area contributed by atoms with Crippen molar-refractivity contribution in [3.8, 4) is 23.0 Å². The SMILES string of the molecule is CC(C)Oc1cccc(C(N)(C[B]CCCC[B]CC(N)(c2cccc(OC(C)C)c2)c2cccc(OC(C)C)c2)c2cccc(OC(C)C)c2)c1. The zero-order valence-electron chi connectivity index (χ0n) is 32.7. The average Bonchev–Trinajstić information content (AvgIpc) is 3.08. The zero-order valence-corrected chi connectivity index (χ0v) is 32.7. The molecule has 4 aromatic carbocycles. The summed E-state index contributed by atoms with van der Waals surface area (Å²) < 4.78 is 24.2. The van der Waals surface area contributed by atoms with Crippen LogP contribution >= 0.6 is 0 Å². The number of hydrogen-bond acceptors (Lipinski definition) is 6. The molecule has 0 unspecified atom stereocenters. The van der Waals surface area contributed by atoms with E-state index in [4.69, 9.17) is 30.4 Å². The minimum atomic E-state index is -0.736. The maximum atomic E-state index is 7.35. The molecule has 8 heteroatoms. The fraction of sp³-hybridized carbons (Fsp3) is 0.455. The van der Waals surface area contributed by atoms with E-state index in [1.165, 1.54) is 0 Å². The Bertz CT molecular complexity index is 1450. The molecule has 0 amide bonds. The molecule has 4 aromatic rings. The van der Waals surface area contributed by atoms with E-state index in [1.54, 1.807) is 0 Å². The highest BCUT2D eigenvalue weighted by atomic mass is 16.5. The first-order chi connectivity index (χ1) is 24.8. The number of benzene rings is 4. The van der Waals surface area contributed by atoms with Gasteiger partial charge in [0.2, 0.25) is 0 Å². The molecule has 0 aliphatic heterocycles. The number of unbranched alkanes of at least 4 members (excludes halogenated alkanes) is 1. The summed E-state index contributed by atoms with van der Waals surface area (Å²) in [6.45, 7) is 16.3. The molecule has 0 spiro atoms. The second-order valence-electron chi connectivity index (χ2n) is 15.0. The molecule has 0 heterocycles. The van der Waals surface area contributed by atoms with E-state index in [-0.39, 0.29) is 24.4 Å². The van der Waals surface area contributed by atoms with Crippen LogP contribution in [0.2, 0.25) is 25.3 Å². The summed E-state index contributed by atoms with van der Waals surface area (Å²) >= 11 is 0. The summed E-state index contributed by atoms with van der Waals surface area (Å²) in [5, 5.41) is 0. The summed E-state index contributed by atoms with van der Waals surface area (Å²) in [4.78, 5) is 0. The third-order valence-electron chi connectivity index (χ3n) is 8.88. The maximum Gasteiger partial charge on any atom is 0.120 e. The predicted molar refractivity (Wildman–Crippen MR) is 219 cm³/mol. The summed E-state index contributed by atoms with van der Waals surface area (Å²) in [5.74, 6) is 3.28. The van der Waals surface area contributed by atoms with Crippen LogP contribution in [-0.2, 0) is 11.1 Å². The summed E-state index contributed by atoms with van der Waals surface area (Å²) in [5.41, 5.74) is 17.3. The second-order valence-corrected chi connectivity index (χ2v) is 15.0. The molecule has 0 bridgehead atoms. The minimum Gasteiger partial charge on any atom is -0.491 e. The molecule has 2 radical (unpaired) electrons. The fourth-order valence-corrected chi connectivity index (χ4v) is 6.52. The Morgan fingerprint density at radius 2 is 0.692 bits per heavy atom. The smallest absolute Gasteiger partial charge is 0.120 e. The van der Waals surface area contributed by atoms with Gasteiger partial charge in [0.1, 0.15) is 37.6 Å². The van der Waals surface area contributed by atoms with Gasteiger partial charge in [-0.3, -0.25) is 0 Å². The lowest BCUT2D eigenvalue weighted by Gasteiger charge is -2.32. The predicted octanol–water partition coefficient (Wildman–Crippen LogP) is 9.80. The molecule has 276 valence electrons. The molecule has 0 atom stereocenters. The van der Waals surface area contributed by atoms with E-state index in [2.05, 4.69) is 63.1 Å². The highest BCUT2D eigenvalue weighted by Gasteiger charge is 2.32. The van der Waals surface area contributed by atoms with Crippen LogP contribution in [-0.4, -0.2) is 39.0 Å². The Balaban J connectivity index is 1.42. The molecule has 0 saturated heterocycles. The first kappa shape index (κ1) is 40.9. The number of hydrogen-bond donors (Lipinski definition) is 2. The first-order valence-corrected chi connectivity index (χ1v) is 19.1. The van der Waals surface area contributed by atoms with Crippen LogP contribution in [0.4, 0.5) is 0 Å². The van der Waals surface area contributed by atoms with Gasteiger partial charge < -0.3 is 30.4 Å². The van der Waals surface area contributed by atoms with Gasteiger partial charge in [0, 0.05) is 0 Å². The van der Waals surface area contributed by atoms with E-state index >= 15 is 0 Å². The second kappa shape index (κ2) is 19.3. The van der Waals surface area contributed by atoms with E-state index in [0.29, 0.717) is 12.6 Å². The molecule has 4 rings (SSSR count). The monoisotopic (exact) mass is 702 g/mol. The van der Waals surface area contributed by atoms with Crippen molar-refractivity contribution in [2.24, 2.45) is 11.5 Å². The van der Waals surface area contributed by atoms with E-state index in [9.17, 15) is 0 Å². The fourth-order valence-electron chi connectivity index (χ4n) is 6.52.